The van der Waals surface area contributed by atoms with E-state index in [2.05, 4.69) is 14.9 Å². The lowest BCUT2D eigenvalue weighted by molar-refractivity contribution is 0.707. The number of H-pyrrole nitrogens is 1. The second-order valence-electron chi connectivity index (χ2n) is 5.78. The maximum absolute atomic E-state index is 5.53. The number of aryl methyl sites for hydroxylation is 1. The van der Waals surface area contributed by atoms with Crippen molar-refractivity contribution in [1.29, 1.82) is 0 Å². The largest absolute Gasteiger partial charge is 0.342 e. The third-order valence-electron chi connectivity index (χ3n) is 4.35. The quantitative estimate of drug-likeness (QED) is 0.626. The zero-order chi connectivity index (χ0) is 13.1. The molecule has 1 N–H and O–H groups in total. The zero-order valence-electron chi connectivity index (χ0n) is 11.6. The van der Waals surface area contributed by atoms with E-state index in [0.29, 0.717) is 0 Å². The van der Waals surface area contributed by atoms with Crippen LogP contribution in [0.5, 0.6) is 0 Å². The van der Waals surface area contributed by atoms with E-state index in [4.69, 9.17) is 12.2 Å². The normalized spacial score (nSPS) is 20.5. The summed E-state index contributed by atoms with van der Waals surface area (Å²) < 4.78 is 0.842. The molecule has 0 bridgehead atoms. The van der Waals surface area contributed by atoms with E-state index >= 15 is 0 Å². The first-order chi connectivity index (χ1) is 9.34. The average Bonchev–Trinajstić information content (AvgIpc) is 2.81. The smallest absolute Gasteiger partial charge is 0.204 e. The molecule has 0 saturated carbocycles. The Morgan fingerprint density at radius 3 is 2.37 bits per heavy atom. The minimum atomic E-state index is 0.842. The van der Waals surface area contributed by atoms with Crippen molar-refractivity contribution in [3.63, 3.8) is 0 Å². The van der Waals surface area contributed by atoms with Gasteiger partial charge in [0.2, 0.25) is 5.95 Å². The van der Waals surface area contributed by atoms with Crippen molar-refractivity contribution in [3.8, 4) is 0 Å². The summed E-state index contributed by atoms with van der Waals surface area (Å²) in [5.41, 5.74) is 2.67. The maximum atomic E-state index is 5.53. The molecule has 0 aromatic carbocycles. The van der Waals surface area contributed by atoms with E-state index in [0.717, 1.165) is 36.5 Å². The first-order valence-corrected chi connectivity index (χ1v) is 8.12. The molecular weight excluding hydrogens is 254 g/mol. The third-order valence-corrected chi connectivity index (χ3v) is 4.69. The highest BCUT2D eigenvalue weighted by Crippen LogP contribution is 2.23. The fourth-order valence-electron chi connectivity index (χ4n) is 3.21. The molecule has 0 radical (unpaired) electrons. The summed E-state index contributed by atoms with van der Waals surface area (Å²) in [6.45, 7) is 2.24. The summed E-state index contributed by atoms with van der Waals surface area (Å²) >= 11 is 5.53. The molecule has 2 aliphatic rings. The van der Waals surface area contributed by atoms with E-state index < -0.39 is 0 Å². The SMILES string of the molecule is S=c1nc(N2CCCCCC2)[nH]c2c1CCCCC2. The van der Waals surface area contributed by atoms with Crippen LogP contribution in [0.1, 0.15) is 56.2 Å². The van der Waals surface area contributed by atoms with Gasteiger partial charge in [-0.05, 0) is 38.5 Å². The van der Waals surface area contributed by atoms with E-state index in [-0.39, 0.29) is 0 Å². The number of hydrogen-bond acceptors (Lipinski definition) is 3. The number of anilines is 1. The molecule has 3 rings (SSSR count). The number of nitrogens with one attached hydrogen (secondary N) is 1. The van der Waals surface area contributed by atoms with Crippen LogP contribution in [-0.4, -0.2) is 23.1 Å². The molecule has 1 aromatic rings. The number of aromatic amines is 1. The first-order valence-electron chi connectivity index (χ1n) is 7.71. The van der Waals surface area contributed by atoms with Gasteiger partial charge in [-0.15, -0.1) is 0 Å². The van der Waals surface area contributed by atoms with Crippen molar-refractivity contribution in [2.75, 3.05) is 18.0 Å². The van der Waals surface area contributed by atoms with E-state index in [9.17, 15) is 0 Å². The summed E-state index contributed by atoms with van der Waals surface area (Å²) in [6, 6.07) is 0. The fourth-order valence-corrected chi connectivity index (χ4v) is 3.53. The minimum Gasteiger partial charge on any atom is -0.342 e. The van der Waals surface area contributed by atoms with Crippen LogP contribution in [0, 0.1) is 4.64 Å². The van der Waals surface area contributed by atoms with Crippen molar-refractivity contribution >= 4 is 18.2 Å². The van der Waals surface area contributed by atoms with Gasteiger partial charge in [-0.3, -0.25) is 0 Å². The van der Waals surface area contributed by atoms with Crippen LogP contribution in [0.4, 0.5) is 5.95 Å². The van der Waals surface area contributed by atoms with Crippen molar-refractivity contribution in [1.82, 2.24) is 9.97 Å². The van der Waals surface area contributed by atoms with E-state index in [1.807, 2.05) is 0 Å². The van der Waals surface area contributed by atoms with Crippen LogP contribution in [-0.2, 0) is 12.8 Å². The van der Waals surface area contributed by atoms with Crippen LogP contribution in [0.15, 0.2) is 0 Å². The Labute approximate surface area is 120 Å². The van der Waals surface area contributed by atoms with Crippen LogP contribution in [0.25, 0.3) is 0 Å². The number of hydrogen-bond donors (Lipinski definition) is 1. The molecule has 3 nitrogen and oxygen atoms in total. The molecule has 1 aliphatic heterocycles. The molecule has 19 heavy (non-hydrogen) atoms. The molecule has 1 saturated heterocycles. The van der Waals surface area contributed by atoms with Gasteiger partial charge < -0.3 is 9.88 Å². The van der Waals surface area contributed by atoms with Crippen LogP contribution in [0.3, 0.4) is 0 Å². The summed E-state index contributed by atoms with van der Waals surface area (Å²) in [4.78, 5) is 10.7. The minimum absolute atomic E-state index is 0.842. The van der Waals surface area contributed by atoms with Gasteiger partial charge in [0, 0.05) is 24.3 Å². The predicted octanol–water partition coefficient (Wildman–Crippen LogP) is 3.79. The standard InChI is InChI=1S/C15H23N3S/c19-14-12-8-4-3-5-9-13(12)16-15(17-14)18-10-6-1-2-7-11-18/h1-11H2,(H,16,17,19). The van der Waals surface area contributed by atoms with E-state index in [1.165, 1.54) is 56.2 Å². The number of nitrogens with zero attached hydrogens (tertiary/aromatic N) is 2. The number of aromatic nitrogens is 2. The first kappa shape index (κ1) is 13.1. The van der Waals surface area contributed by atoms with Crippen molar-refractivity contribution in [2.24, 2.45) is 0 Å². The van der Waals surface area contributed by atoms with Crippen molar-refractivity contribution < 1.29 is 0 Å². The fraction of sp³-hybridized carbons (Fsp3) is 0.733. The maximum Gasteiger partial charge on any atom is 0.204 e. The van der Waals surface area contributed by atoms with Crippen molar-refractivity contribution in [2.45, 2.75) is 57.8 Å². The Morgan fingerprint density at radius 1 is 0.895 bits per heavy atom. The lowest BCUT2D eigenvalue weighted by atomic mass is 10.1. The molecule has 1 aromatic heterocycles. The van der Waals surface area contributed by atoms with Gasteiger partial charge in [0.05, 0.1) is 0 Å². The van der Waals surface area contributed by atoms with Crippen LogP contribution < -0.4 is 4.90 Å². The number of rotatable bonds is 1. The second kappa shape index (κ2) is 6.04. The molecule has 0 atom stereocenters. The Hall–Kier alpha value is -0.900. The van der Waals surface area contributed by atoms with Gasteiger partial charge in [-0.1, -0.05) is 31.5 Å². The lowest BCUT2D eigenvalue weighted by Gasteiger charge is -2.22. The topological polar surface area (TPSA) is 31.9 Å². The average molecular weight is 277 g/mol. The van der Waals surface area contributed by atoms with E-state index in [1.54, 1.807) is 0 Å². The van der Waals surface area contributed by atoms with Gasteiger partial charge >= 0.3 is 0 Å². The Morgan fingerprint density at radius 2 is 1.58 bits per heavy atom. The van der Waals surface area contributed by atoms with Crippen LogP contribution in [0.2, 0.25) is 0 Å². The predicted molar refractivity (Wildman–Crippen MR) is 81.4 cm³/mol. The monoisotopic (exact) mass is 277 g/mol. The summed E-state index contributed by atoms with van der Waals surface area (Å²) in [5, 5.41) is 0. The Kier molecular flexibility index (Phi) is 4.16. The molecule has 0 amide bonds. The van der Waals surface area contributed by atoms with Gasteiger partial charge in [0.15, 0.2) is 0 Å². The zero-order valence-corrected chi connectivity index (χ0v) is 12.4. The molecule has 1 fully saturated rings. The molecule has 0 unspecified atom stereocenters. The van der Waals surface area contributed by atoms with Gasteiger partial charge in [0.1, 0.15) is 4.64 Å². The highest BCUT2D eigenvalue weighted by atomic mass is 32.1. The van der Waals surface area contributed by atoms with Crippen molar-refractivity contribution in [3.05, 3.63) is 15.9 Å². The highest BCUT2D eigenvalue weighted by molar-refractivity contribution is 7.71. The Bertz CT molecular complexity index is 487. The van der Waals surface area contributed by atoms with Crippen LogP contribution >= 0.6 is 12.2 Å². The molecule has 0 spiro atoms. The van der Waals surface area contributed by atoms with Gasteiger partial charge in [-0.25, -0.2) is 4.98 Å². The Balaban J connectivity index is 1.92. The summed E-state index contributed by atoms with van der Waals surface area (Å²) in [5.74, 6) is 1.02. The highest BCUT2D eigenvalue weighted by Gasteiger charge is 2.16. The molecule has 1 aliphatic carbocycles. The van der Waals surface area contributed by atoms with Gasteiger partial charge in [-0.2, -0.15) is 0 Å². The summed E-state index contributed by atoms with van der Waals surface area (Å²) in [6.07, 6.45) is 11.4. The molecular formula is C15H23N3S. The summed E-state index contributed by atoms with van der Waals surface area (Å²) in [7, 11) is 0. The third kappa shape index (κ3) is 2.99. The molecule has 104 valence electrons. The lowest BCUT2D eigenvalue weighted by Crippen LogP contribution is -2.26. The molecule has 4 heteroatoms. The molecule has 2 heterocycles. The van der Waals surface area contributed by atoms with Gasteiger partial charge in [0.25, 0.3) is 0 Å². The number of fused-ring (bicyclic) bond motifs is 1. The second-order valence-corrected chi connectivity index (χ2v) is 6.17.